The van der Waals surface area contributed by atoms with Crippen LogP contribution in [0.5, 0.6) is 0 Å². The number of halogens is 3. The molecule has 0 bridgehead atoms. The smallest absolute Gasteiger partial charge is 0.476 e. The predicted octanol–water partition coefficient (Wildman–Crippen LogP) is 1.70. The van der Waals surface area contributed by atoms with E-state index in [0.717, 1.165) is 13.0 Å². The molecule has 0 amide bonds. The van der Waals surface area contributed by atoms with Crippen LogP contribution in [0.4, 0.5) is 19.0 Å². The normalized spacial score (nSPS) is 13.5. The summed E-state index contributed by atoms with van der Waals surface area (Å²) in [6, 6.07) is 8.17. The van der Waals surface area contributed by atoms with Crippen molar-refractivity contribution in [3.8, 4) is 0 Å². The number of rotatable bonds is 2. The summed E-state index contributed by atoms with van der Waals surface area (Å²) in [5.74, 6) is -3.38. The van der Waals surface area contributed by atoms with Gasteiger partial charge in [0.15, 0.2) is 11.5 Å². The molecule has 0 radical (unpaired) electrons. The molecular formula is C14H13F3N4O4. The molecule has 0 saturated carbocycles. The van der Waals surface area contributed by atoms with Crippen LogP contribution in [0, 0.1) is 0 Å². The van der Waals surface area contributed by atoms with Crippen LogP contribution in [0.1, 0.15) is 21.6 Å². The minimum absolute atomic E-state index is 0.0504. The Kier molecular flexibility index (Phi) is 5.25. The molecule has 0 unspecified atom stereocenters. The molecule has 134 valence electrons. The number of hydrogen-bond acceptors (Lipinski definition) is 5. The number of hydrogen-bond donors (Lipinski definition) is 3. The second-order valence-corrected chi connectivity index (χ2v) is 5.06. The Morgan fingerprint density at radius 1 is 1.16 bits per heavy atom. The molecule has 0 spiro atoms. The van der Waals surface area contributed by atoms with Gasteiger partial charge in [-0.3, -0.25) is 0 Å². The number of aliphatic carboxylic acids is 1. The van der Waals surface area contributed by atoms with Gasteiger partial charge >= 0.3 is 18.1 Å². The summed E-state index contributed by atoms with van der Waals surface area (Å²) in [6.45, 7) is 1.42. The Morgan fingerprint density at radius 3 is 2.32 bits per heavy atom. The molecule has 25 heavy (non-hydrogen) atoms. The average molecular weight is 358 g/mol. The molecule has 0 aliphatic carbocycles. The zero-order valence-electron chi connectivity index (χ0n) is 12.6. The molecule has 11 heteroatoms. The first kappa shape index (κ1) is 18.2. The third-order valence-corrected chi connectivity index (χ3v) is 3.42. The lowest BCUT2D eigenvalue weighted by atomic mass is 10.00. The Bertz CT molecular complexity index is 775. The Morgan fingerprint density at radius 2 is 1.76 bits per heavy atom. The van der Waals surface area contributed by atoms with Gasteiger partial charge in [0.25, 0.3) is 0 Å². The third kappa shape index (κ3) is 4.46. The van der Waals surface area contributed by atoms with Gasteiger partial charge in [-0.1, -0.05) is 29.5 Å². The summed E-state index contributed by atoms with van der Waals surface area (Å²) in [5.41, 5.74) is 2.58. The maximum absolute atomic E-state index is 11.0. The van der Waals surface area contributed by atoms with Crippen molar-refractivity contribution in [2.24, 2.45) is 0 Å². The number of benzene rings is 1. The van der Waals surface area contributed by atoms with Gasteiger partial charge in [0.1, 0.15) is 0 Å². The molecule has 1 aliphatic heterocycles. The Balaban J connectivity index is 0.000000277. The quantitative estimate of drug-likeness (QED) is 0.747. The lowest BCUT2D eigenvalue weighted by Gasteiger charge is -2.28. The van der Waals surface area contributed by atoms with Crippen molar-refractivity contribution in [3.63, 3.8) is 0 Å². The summed E-state index contributed by atoms with van der Waals surface area (Å²) in [7, 11) is 0. The molecule has 2 heterocycles. The molecule has 3 N–H and O–H groups in total. The van der Waals surface area contributed by atoms with Crippen LogP contribution in [0.3, 0.4) is 0 Å². The van der Waals surface area contributed by atoms with E-state index >= 15 is 0 Å². The topological polar surface area (TPSA) is 119 Å². The number of carboxylic acid groups (broad SMARTS) is 2. The predicted molar refractivity (Wildman–Crippen MR) is 78.2 cm³/mol. The van der Waals surface area contributed by atoms with Gasteiger partial charge in [0.05, 0.1) is 0 Å². The van der Waals surface area contributed by atoms with Gasteiger partial charge in [0.2, 0.25) is 0 Å². The molecular weight excluding hydrogens is 345 g/mol. The number of fused-ring (bicyclic) bond motifs is 1. The lowest BCUT2D eigenvalue weighted by molar-refractivity contribution is -0.192. The summed E-state index contributed by atoms with van der Waals surface area (Å²) in [5, 5.41) is 26.0. The monoisotopic (exact) mass is 358 g/mol. The Hall–Kier alpha value is -3.11. The van der Waals surface area contributed by atoms with E-state index in [1.807, 2.05) is 17.0 Å². The minimum Gasteiger partial charge on any atom is -0.476 e. The van der Waals surface area contributed by atoms with Crippen LogP contribution in [0.25, 0.3) is 0 Å². The standard InChI is InChI=1S/C12H12N4O2.C2HF3O2/c17-12(18)10-11(14-15-13-10)16-6-5-8-3-1-2-4-9(8)7-16;3-2(4,5)1(6)7/h1-4H,5-7H2,(H,17,18)(H,13,14,15);(H,6,7). The van der Waals surface area contributed by atoms with Gasteiger partial charge in [-0.15, -0.1) is 5.10 Å². The van der Waals surface area contributed by atoms with E-state index in [9.17, 15) is 18.0 Å². The molecule has 3 rings (SSSR count). The molecule has 2 aromatic rings. The minimum atomic E-state index is -5.08. The number of H-pyrrole nitrogens is 1. The van der Waals surface area contributed by atoms with Crippen molar-refractivity contribution >= 4 is 17.8 Å². The zero-order chi connectivity index (χ0) is 18.6. The van der Waals surface area contributed by atoms with Gasteiger partial charge in [-0.05, 0) is 17.5 Å². The van der Waals surface area contributed by atoms with Gasteiger partial charge in [0, 0.05) is 13.1 Å². The molecule has 0 atom stereocenters. The highest BCUT2D eigenvalue weighted by Gasteiger charge is 2.38. The van der Waals surface area contributed by atoms with Crippen molar-refractivity contribution in [1.29, 1.82) is 0 Å². The van der Waals surface area contributed by atoms with Crippen LogP contribution in [0.2, 0.25) is 0 Å². The van der Waals surface area contributed by atoms with Gasteiger partial charge < -0.3 is 15.1 Å². The van der Waals surface area contributed by atoms with Crippen molar-refractivity contribution in [3.05, 3.63) is 41.1 Å². The fraction of sp³-hybridized carbons (Fsp3) is 0.286. The number of aromatic carboxylic acids is 1. The number of carboxylic acids is 2. The maximum atomic E-state index is 11.0. The number of aromatic amines is 1. The fourth-order valence-electron chi connectivity index (χ4n) is 2.26. The van der Waals surface area contributed by atoms with Crippen LogP contribution in [0.15, 0.2) is 24.3 Å². The summed E-state index contributed by atoms with van der Waals surface area (Å²) in [4.78, 5) is 21.9. The lowest BCUT2D eigenvalue weighted by Crippen LogP contribution is -2.31. The molecule has 1 aromatic carbocycles. The molecule has 0 fully saturated rings. The van der Waals surface area contributed by atoms with E-state index in [0.29, 0.717) is 12.4 Å². The van der Waals surface area contributed by atoms with Crippen LogP contribution >= 0.6 is 0 Å². The van der Waals surface area contributed by atoms with E-state index in [4.69, 9.17) is 15.0 Å². The van der Waals surface area contributed by atoms with Crippen LogP contribution in [-0.4, -0.2) is 50.3 Å². The van der Waals surface area contributed by atoms with E-state index in [-0.39, 0.29) is 5.69 Å². The van der Waals surface area contributed by atoms with Gasteiger partial charge in [-0.25, -0.2) is 14.7 Å². The first-order chi connectivity index (χ1) is 11.7. The van der Waals surface area contributed by atoms with E-state index in [1.165, 1.54) is 11.1 Å². The van der Waals surface area contributed by atoms with Gasteiger partial charge in [-0.2, -0.15) is 13.2 Å². The van der Waals surface area contributed by atoms with Crippen LogP contribution < -0.4 is 4.90 Å². The van der Waals surface area contributed by atoms with Crippen LogP contribution in [-0.2, 0) is 17.8 Å². The third-order valence-electron chi connectivity index (χ3n) is 3.42. The molecule has 8 nitrogen and oxygen atoms in total. The second kappa shape index (κ2) is 7.20. The molecule has 1 aliphatic rings. The van der Waals surface area contributed by atoms with Crippen molar-refractivity contribution in [2.75, 3.05) is 11.4 Å². The van der Waals surface area contributed by atoms with E-state index in [1.54, 1.807) is 0 Å². The van der Waals surface area contributed by atoms with E-state index in [2.05, 4.69) is 27.5 Å². The highest BCUT2D eigenvalue weighted by molar-refractivity contribution is 5.90. The molecule has 0 saturated heterocycles. The average Bonchev–Trinajstić information content (AvgIpc) is 3.04. The first-order valence-electron chi connectivity index (χ1n) is 6.96. The zero-order valence-corrected chi connectivity index (χ0v) is 12.6. The number of nitrogens with one attached hydrogen (secondary N) is 1. The maximum Gasteiger partial charge on any atom is 0.490 e. The number of anilines is 1. The fourth-order valence-corrected chi connectivity index (χ4v) is 2.26. The van der Waals surface area contributed by atoms with Crippen molar-refractivity contribution < 1.29 is 33.0 Å². The number of aromatic nitrogens is 3. The largest absolute Gasteiger partial charge is 0.490 e. The highest BCUT2D eigenvalue weighted by atomic mass is 19.4. The van der Waals surface area contributed by atoms with Crippen molar-refractivity contribution in [1.82, 2.24) is 15.4 Å². The summed E-state index contributed by atoms with van der Waals surface area (Å²) in [6.07, 6.45) is -4.19. The first-order valence-corrected chi connectivity index (χ1v) is 6.96. The number of carbonyl (C=O) groups is 2. The summed E-state index contributed by atoms with van der Waals surface area (Å²) >= 11 is 0. The number of alkyl halides is 3. The summed E-state index contributed by atoms with van der Waals surface area (Å²) < 4.78 is 31.7. The molecule has 1 aromatic heterocycles. The highest BCUT2D eigenvalue weighted by Crippen LogP contribution is 2.24. The Labute approximate surface area is 138 Å². The number of nitrogens with zero attached hydrogens (tertiary/aromatic N) is 3. The second-order valence-electron chi connectivity index (χ2n) is 5.06. The SMILES string of the molecule is O=C(O)C(F)(F)F.O=C(O)c1[nH]nnc1N1CCc2ccccc2C1. The van der Waals surface area contributed by atoms with Crippen molar-refractivity contribution in [2.45, 2.75) is 19.1 Å². The van der Waals surface area contributed by atoms with E-state index < -0.39 is 18.1 Å².